The molecule has 1 aliphatic rings. The number of hydrogen-bond donors (Lipinski definition) is 2. The number of rotatable bonds is 1. The van der Waals surface area contributed by atoms with Crippen LogP contribution in [0, 0.1) is 0 Å². The summed E-state index contributed by atoms with van der Waals surface area (Å²) in [7, 11) is 0. The maximum Gasteiger partial charge on any atom is 0.145 e. The molecule has 78 valence electrons. The fourth-order valence-corrected chi connectivity index (χ4v) is 2.11. The van der Waals surface area contributed by atoms with Crippen LogP contribution < -0.4 is 5.73 Å². The maximum atomic E-state index is 9.91. The van der Waals surface area contributed by atoms with Crippen LogP contribution in [0.3, 0.4) is 0 Å². The molecule has 1 heterocycles. The number of hydrogen-bond acceptors (Lipinski definition) is 3. The van der Waals surface area contributed by atoms with Crippen LogP contribution in [0.2, 0.25) is 0 Å². The highest BCUT2D eigenvalue weighted by Gasteiger charge is 2.23. The van der Waals surface area contributed by atoms with Gasteiger partial charge in [-0.15, -0.1) is 0 Å². The fourth-order valence-electron chi connectivity index (χ4n) is 2.11. The minimum absolute atomic E-state index is 0.120. The Balaban J connectivity index is 2.14. The molecule has 0 radical (unpaired) electrons. The number of aliphatic hydroxyl groups is 1. The Kier molecular flexibility index (Phi) is 2.72. The first-order valence-electron chi connectivity index (χ1n) is 5.26. The number of nitrogens with two attached hydrogens (primary N) is 1. The van der Waals surface area contributed by atoms with E-state index in [2.05, 4.69) is 5.10 Å². The topological polar surface area (TPSA) is 64.1 Å². The normalized spacial score (nSPS) is 28.6. The molecule has 1 aliphatic carbocycles. The van der Waals surface area contributed by atoms with Crippen LogP contribution in [0.15, 0.2) is 12.3 Å². The summed E-state index contributed by atoms with van der Waals surface area (Å²) in [6.45, 7) is 0. The van der Waals surface area contributed by atoms with Crippen LogP contribution in [0.5, 0.6) is 0 Å². The van der Waals surface area contributed by atoms with Crippen LogP contribution >= 0.6 is 0 Å². The summed E-state index contributed by atoms with van der Waals surface area (Å²) in [6, 6.07) is 1.90. The highest BCUT2D eigenvalue weighted by molar-refractivity contribution is 5.24. The Bertz CT molecular complexity index is 297. The van der Waals surface area contributed by atoms with Gasteiger partial charge >= 0.3 is 0 Å². The van der Waals surface area contributed by atoms with Crippen LogP contribution in [0.1, 0.15) is 38.1 Å². The smallest absolute Gasteiger partial charge is 0.145 e. The molecule has 1 aromatic rings. The largest absolute Gasteiger partial charge is 0.391 e. The van der Waals surface area contributed by atoms with Gasteiger partial charge in [-0.05, 0) is 18.9 Å². The van der Waals surface area contributed by atoms with Gasteiger partial charge < -0.3 is 10.8 Å². The predicted molar refractivity (Wildman–Crippen MR) is 54.8 cm³/mol. The van der Waals surface area contributed by atoms with Gasteiger partial charge in [-0.25, -0.2) is 0 Å². The second kappa shape index (κ2) is 4.00. The molecule has 14 heavy (non-hydrogen) atoms. The number of nitrogen functional groups attached to an aromatic ring is 1. The zero-order chi connectivity index (χ0) is 9.97. The molecule has 3 N–H and O–H groups in total. The molecule has 1 fully saturated rings. The third-order valence-corrected chi connectivity index (χ3v) is 2.91. The van der Waals surface area contributed by atoms with Crippen LogP contribution in [-0.2, 0) is 0 Å². The number of aliphatic hydroxyl groups excluding tert-OH is 1. The van der Waals surface area contributed by atoms with Gasteiger partial charge in [-0.1, -0.05) is 19.3 Å². The first kappa shape index (κ1) is 9.52. The first-order chi connectivity index (χ1) is 6.77. The summed E-state index contributed by atoms with van der Waals surface area (Å²) in [6.07, 6.45) is 6.97. The fraction of sp³-hybridized carbons (Fsp3) is 0.700. The van der Waals surface area contributed by atoms with E-state index in [1.165, 1.54) is 12.8 Å². The molecule has 4 heteroatoms. The summed E-state index contributed by atoms with van der Waals surface area (Å²) < 4.78 is 1.81. The van der Waals surface area contributed by atoms with Gasteiger partial charge in [0.25, 0.3) is 0 Å². The zero-order valence-electron chi connectivity index (χ0n) is 8.26. The molecular weight excluding hydrogens is 178 g/mol. The zero-order valence-corrected chi connectivity index (χ0v) is 8.26. The molecule has 4 nitrogen and oxygen atoms in total. The molecule has 1 aromatic heterocycles. The van der Waals surface area contributed by atoms with Crippen molar-refractivity contribution in [3.8, 4) is 0 Å². The van der Waals surface area contributed by atoms with E-state index < -0.39 is 0 Å². The molecule has 0 spiro atoms. The van der Waals surface area contributed by atoms with E-state index in [0.717, 1.165) is 19.3 Å². The molecule has 0 aliphatic heterocycles. The minimum Gasteiger partial charge on any atom is -0.391 e. The van der Waals surface area contributed by atoms with Gasteiger partial charge in [0.1, 0.15) is 5.82 Å². The van der Waals surface area contributed by atoms with Crippen molar-refractivity contribution in [2.24, 2.45) is 0 Å². The monoisotopic (exact) mass is 195 g/mol. The Morgan fingerprint density at radius 1 is 1.36 bits per heavy atom. The van der Waals surface area contributed by atoms with Crippen molar-refractivity contribution in [3.63, 3.8) is 0 Å². The Hall–Kier alpha value is -1.03. The van der Waals surface area contributed by atoms with Gasteiger partial charge in [0.2, 0.25) is 0 Å². The lowest BCUT2D eigenvalue weighted by atomic mass is 10.1. The van der Waals surface area contributed by atoms with Gasteiger partial charge in [0.05, 0.1) is 12.1 Å². The van der Waals surface area contributed by atoms with Crippen LogP contribution in [-0.4, -0.2) is 21.0 Å². The lowest BCUT2D eigenvalue weighted by Crippen LogP contribution is -2.23. The number of anilines is 1. The summed E-state index contributed by atoms with van der Waals surface area (Å²) in [5, 5.41) is 14.1. The maximum absolute atomic E-state index is 9.91. The van der Waals surface area contributed by atoms with Crippen molar-refractivity contribution in [2.45, 2.75) is 44.2 Å². The lowest BCUT2D eigenvalue weighted by molar-refractivity contribution is 0.0992. The van der Waals surface area contributed by atoms with E-state index in [4.69, 9.17) is 5.73 Å². The summed E-state index contributed by atoms with van der Waals surface area (Å²) >= 11 is 0. The highest BCUT2D eigenvalue weighted by atomic mass is 16.3. The average molecular weight is 195 g/mol. The second-order valence-corrected chi connectivity index (χ2v) is 3.99. The standard InChI is InChI=1S/C10H17N3O/c11-10-6-7-13(12-10)8-4-2-1-3-5-9(8)14/h6-9,14H,1-5H2,(H2,11,12). The molecule has 2 rings (SSSR count). The minimum atomic E-state index is -0.267. The van der Waals surface area contributed by atoms with Crippen molar-refractivity contribution in [1.29, 1.82) is 0 Å². The Labute approximate surface area is 83.7 Å². The van der Waals surface area contributed by atoms with E-state index in [-0.39, 0.29) is 12.1 Å². The number of aromatic nitrogens is 2. The Morgan fingerprint density at radius 2 is 2.14 bits per heavy atom. The molecule has 0 amide bonds. The summed E-state index contributed by atoms with van der Waals surface area (Å²) in [5.74, 6) is 0.529. The highest BCUT2D eigenvalue weighted by Crippen LogP contribution is 2.27. The third-order valence-electron chi connectivity index (χ3n) is 2.91. The van der Waals surface area contributed by atoms with E-state index in [1.807, 2.05) is 10.9 Å². The quantitative estimate of drug-likeness (QED) is 0.664. The van der Waals surface area contributed by atoms with Gasteiger partial charge in [0.15, 0.2) is 0 Å². The molecule has 0 aromatic carbocycles. The van der Waals surface area contributed by atoms with E-state index in [0.29, 0.717) is 5.82 Å². The van der Waals surface area contributed by atoms with Crippen molar-refractivity contribution < 1.29 is 5.11 Å². The average Bonchev–Trinajstić information content (AvgIpc) is 2.46. The van der Waals surface area contributed by atoms with Crippen molar-refractivity contribution in [1.82, 2.24) is 9.78 Å². The molecule has 2 unspecified atom stereocenters. The predicted octanol–water partition coefficient (Wildman–Crippen LogP) is 1.33. The SMILES string of the molecule is Nc1ccn(C2CCCCCC2O)n1. The number of nitrogens with zero attached hydrogens (tertiary/aromatic N) is 2. The van der Waals surface area contributed by atoms with Crippen molar-refractivity contribution in [2.75, 3.05) is 5.73 Å². The molecule has 2 atom stereocenters. The van der Waals surface area contributed by atoms with Crippen molar-refractivity contribution >= 4 is 5.82 Å². The van der Waals surface area contributed by atoms with E-state index in [9.17, 15) is 5.11 Å². The summed E-state index contributed by atoms with van der Waals surface area (Å²) in [4.78, 5) is 0. The summed E-state index contributed by atoms with van der Waals surface area (Å²) in [5.41, 5.74) is 5.56. The van der Waals surface area contributed by atoms with Crippen LogP contribution in [0.4, 0.5) is 5.82 Å². The molecular formula is C10H17N3O. The Morgan fingerprint density at radius 3 is 2.86 bits per heavy atom. The molecule has 1 saturated carbocycles. The van der Waals surface area contributed by atoms with Gasteiger partial charge in [-0.2, -0.15) is 5.10 Å². The van der Waals surface area contributed by atoms with E-state index >= 15 is 0 Å². The second-order valence-electron chi connectivity index (χ2n) is 3.99. The van der Waals surface area contributed by atoms with Crippen LogP contribution in [0.25, 0.3) is 0 Å². The molecule has 0 saturated heterocycles. The molecule has 0 bridgehead atoms. The third kappa shape index (κ3) is 1.90. The van der Waals surface area contributed by atoms with Gasteiger partial charge in [0, 0.05) is 6.20 Å². The van der Waals surface area contributed by atoms with Gasteiger partial charge in [-0.3, -0.25) is 4.68 Å². The van der Waals surface area contributed by atoms with E-state index in [1.54, 1.807) is 6.07 Å². The lowest BCUT2D eigenvalue weighted by Gasteiger charge is -2.20. The van der Waals surface area contributed by atoms with Crippen molar-refractivity contribution in [3.05, 3.63) is 12.3 Å². The first-order valence-corrected chi connectivity index (χ1v) is 5.26.